The lowest BCUT2D eigenvalue weighted by Gasteiger charge is -2.61. The lowest BCUT2D eigenvalue weighted by molar-refractivity contribution is -0.122. The van der Waals surface area contributed by atoms with E-state index in [-0.39, 0.29) is 17.1 Å². The van der Waals surface area contributed by atoms with E-state index in [2.05, 4.69) is 34.6 Å². The highest BCUT2D eigenvalue weighted by atomic mass is 16.6. The second kappa shape index (κ2) is 6.69. The number of rotatable bonds is 4. The van der Waals surface area contributed by atoms with E-state index in [0.717, 1.165) is 30.6 Å². The fraction of sp³-hybridized carbons (Fsp3) is 0.893. The predicted octanol–water partition coefficient (Wildman–Crippen LogP) is 6.11. The maximum Gasteiger partial charge on any atom is 0.155 e. The third kappa shape index (κ3) is 3.01. The molecule has 0 aromatic heterocycles. The van der Waals surface area contributed by atoms with Crippen LogP contribution in [0.15, 0.2) is 11.6 Å². The number of fused-ring (bicyclic) bond motifs is 8. The van der Waals surface area contributed by atoms with Crippen molar-refractivity contribution in [3.8, 4) is 0 Å². The van der Waals surface area contributed by atoms with Crippen LogP contribution in [0.5, 0.6) is 0 Å². The Bertz CT molecular complexity index is 813. The first-order chi connectivity index (χ1) is 14.6. The van der Waals surface area contributed by atoms with Gasteiger partial charge in [0.25, 0.3) is 0 Å². The fourth-order valence-corrected chi connectivity index (χ4v) is 9.34. The van der Waals surface area contributed by atoms with Crippen molar-refractivity contribution in [1.29, 1.82) is 0 Å². The van der Waals surface area contributed by atoms with Crippen LogP contribution in [0.3, 0.4) is 0 Å². The monoisotopic (exact) mass is 426 g/mol. The molecular weight excluding hydrogens is 384 g/mol. The number of hydrogen-bond donors (Lipinski definition) is 0. The molecule has 0 spiro atoms. The SMILES string of the molecule is C[C@H](CCC1OC1(C)C)C1CCC[C@H]2C3C4OC4C4=CC(=O)CCC4(C)[C@H]3CCC12C. The van der Waals surface area contributed by atoms with Crippen molar-refractivity contribution in [3.05, 3.63) is 11.6 Å². The van der Waals surface area contributed by atoms with Gasteiger partial charge in [-0.25, -0.2) is 0 Å². The summed E-state index contributed by atoms with van der Waals surface area (Å²) in [5, 5.41) is 0. The van der Waals surface area contributed by atoms with Crippen LogP contribution in [0.1, 0.15) is 92.4 Å². The number of allylic oxidation sites excluding steroid dienone is 1. The van der Waals surface area contributed by atoms with Crippen LogP contribution in [0.2, 0.25) is 0 Å². The Morgan fingerprint density at radius 3 is 2.61 bits per heavy atom. The van der Waals surface area contributed by atoms with Gasteiger partial charge in [0, 0.05) is 6.42 Å². The summed E-state index contributed by atoms with van der Waals surface area (Å²) in [7, 11) is 0. The van der Waals surface area contributed by atoms with E-state index in [1.54, 1.807) is 0 Å². The van der Waals surface area contributed by atoms with Gasteiger partial charge in [-0.15, -0.1) is 0 Å². The zero-order chi connectivity index (χ0) is 21.8. The van der Waals surface area contributed by atoms with Crippen molar-refractivity contribution in [2.24, 2.45) is 40.4 Å². The topological polar surface area (TPSA) is 42.1 Å². The molecule has 0 aromatic rings. The Labute approximate surface area is 188 Å². The van der Waals surface area contributed by atoms with Crippen LogP contribution < -0.4 is 0 Å². The van der Waals surface area contributed by atoms with E-state index in [1.807, 2.05) is 6.08 Å². The average Bonchev–Trinajstić information content (AvgIpc) is 3.62. The van der Waals surface area contributed by atoms with Crippen LogP contribution in [0.4, 0.5) is 0 Å². The minimum Gasteiger partial charge on any atom is -0.367 e. The molecule has 31 heavy (non-hydrogen) atoms. The predicted molar refractivity (Wildman–Crippen MR) is 122 cm³/mol. The molecule has 6 rings (SSSR count). The standard InChI is InChI=1S/C28H42O3/c1-16(9-10-22-26(2,3)31-22)18-7-6-8-19-23-20(12-14-27(18,19)4)28(5)13-11-17(29)15-21(28)24-25(23)30-24/h15-16,18-20,22-25H,6-14H2,1-5H3/t16-,18?,19+,20+,22?,23?,24?,25?,27?,28?/m1/s1. The third-order valence-corrected chi connectivity index (χ3v) is 11.3. The van der Waals surface area contributed by atoms with Crippen LogP contribution in [-0.4, -0.2) is 29.7 Å². The van der Waals surface area contributed by atoms with Crippen molar-refractivity contribution in [3.63, 3.8) is 0 Å². The second-order valence-electron chi connectivity index (χ2n) is 13.1. The van der Waals surface area contributed by atoms with Crippen molar-refractivity contribution in [2.75, 3.05) is 0 Å². The third-order valence-electron chi connectivity index (χ3n) is 11.3. The van der Waals surface area contributed by atoms with Crippen molar-refractivity contribution in [2.45, 2.75) is 116 Å². The normalized spacial score (nSPS) is 52.7. The number of ether oxygens (including phenoxy) is 2. The van der Waals surface area contributed by atoms with Crippen molar-refractivity contribution < 1.29 is 14.3 Å². The summed E-state index contributed by atoms with van der Waals surface area (Å²) in [6, 6.07) is 0. The summed E-state index contributed by atoms with van der Waals surface area (Å²) in [5.41, 5.74) is 2.15. The van der Waals surface area contributed by atoms with Gasteiger partial charge in [-0.3, -0.25) is 4.79 Å². The minimum absolute atomic E-state index is 0.124. The van der Waals surface area contributed by atoms with Gasteiger partial charge in [0.05, 0.1) is 17.8 Å². The Kier molecular flexibility index (Phi) is 4.51. The number of carbonyl (C=O) groups excluding carboxylic acids is 1. The first-order valence-electron chi connectivity index (χ1n) is 13.2. The molecule has 3 saturated carbocycles. The molecule has 172 valence electrons. The molecule has 4 aliphatic carbocycles. The van der Waals surface area contributed by atoms with Crippen LogP contribution in [0, 0.1) is 40.4 Å². The quantitative estimate of drug-likeness (QED) is 0.510. The molecule has 10 atom stereocenters. The summed E-state index contributed by atoms with van der Waals surface area (Å²) >= 11 is 0. The molecule has 2 heterocycles. The van der Waals surface area contributed by atoms with Gasteiger partial charge in [-0.05, 0) is 111 Å². The van der Waals surface area contributed by atoms with Crippen molar-refractivity contribution >= 4 is 5.78 Å². The first kappa shape index (κ1) is 20.9. The Hall–Kier alpha value is -0.670. The van der Waals surface area contributed by atoms with Crippen LogP contribution in [0.25, 0.3) is 0 Å². The van der Waals surface area contributed by atoms with Gasteiger partial charge < -0.3 is 9.47 Å². The summed E-state index contributed by atoms with van der Waals surface area (Å²) in [4.78, 5) is 12.2. The molecule has 6 aliphatic rings. The molecule has 3 nitrogen and oxygen atoms in total. The molecular formula is C28H42O3. The van der Waals surface area contributed by atoms with Gasteiger partial charge in [-0.1, -0.05) is 27.2 Å². The molecule has 3 heteroatoms. The Morgan fingerprint density at radius 1 is 1.10 bits per heavy atom. The lowest BCUT2D eigenvalue weighted by atomic mass is 9.42. The molecule has 0 bridgehead atoms. The lowest BCUT2D eigenvalue weighted by Crippen LogP contribution is -2.57. The molecule has 5 fully saturated rings. The highest BCUT2D eigenvalue weighted by Crippen LogP contribution is 2.70. The zero-order valence-corrected chi connectivity index (χ0v) is 20.3. The van der Waals surface area contributed by atoms with Gasteiger partial charge in [0.1, 0.15) is 6.10 Å². The largest absolute Gasteiger partial charge is 0.367 e. The highest BCUT2D eigenvalue weighted by molar-refractivity contribution is 5.92. The number of carbonyl (C=O) groups is 1. The number of hydrogen-bond acceptors (Lipinski definition) is 3. The number of ketones is 1. The second-order valence-corrected chi connectivity index (χ2v) is 13.1. The summed E-state index contributed by atoms with van der Waals surface area (Å²) in [6.07, 6.45) is 14.3. The molecule has 7 unspecified atom stereocenters. The highest BCUT2D eigenvalue weighted by Gasteiger charge is 2.68. The molecule has 2 saturated heterocycles. The maximum atomic E-state index is 12.2. The van der Waals surface area contributed by atoms with Crippen molar-refractivity contribution in [1.82, 2.24) is 0 Å². The Morgan fingerprint density at radius 2 is 1.87 bits per heavy atom. The van der Waals surface area contributed by atoms with Crippen LogP contribution in [-0.2, 0) is 14.3 Å². The first-order valence-corrected chi connectivity index (χ1v) is 13.2. The zero-order valence-electron chi connectivity index (χ0n) is 20.3. The number of epoxide rings is 2. The summed E-state index contributed by atoms with van der Waals surface area (Å²) < 4.78 is 12.3. The van der Waals surface area contributed by atoms with Gasteiger partial charge in [-0.2, -0.15) is 0 Å². The summed E-state index contributed by atoms with van der Waals surface area (Å²) in [5.74, 6) is 4.16. The van der Waals surface area contributed by atoms with E-state index in [4.69, 9.17) is 9.47 Å². The van der Waals surface area contributed by atoms with E-state index >= 15 is 0 Å². The minimum atomic E-state index is 0.124. The fourth-order valence-electron chi connectivity index (χ4n) is 9.34. The van der Waals surface area contributed by atoms with Gasteiger partial charge in [0.15, 0.2) is 5.78 Å². The molecule has 0 radical (unpaired) electrons. The molecule has 2 aliphatic heterocycles. The Balaban J connectivity index is 1.24. The average molecular weight is 427 g/mol. The summed E-state index contributed by atoms with van der Waals surface area (Å²) in [6.45, 7) is 12.1. The smallest absolute Gasteiger partial charge is 0.155 e. The molecule has 0 aromatic carbocycles. The molecule has 0 N–H and O–H groups in total. The van der Waals surface area contributed by atoms with Gasteiger partial charge in [0.2, 0.25) is 0 Å². The van der Waals surface area contributed by atoms with Crippen LogP contribution >= 0.6 is 0 Å². The van der Waals surface area contributed by atoms with E-state index in [1.165, 1.54) is 50.5 Å². The van der Waals surface area contributed by atoms with E-state index < -0.39 is 0 Å². The molecule has 0 amide bonds. The van der Waals surface area contributed by atoms with E-state index in [9.17, 15) is 4.79 Å². The van der Waals surface area contributed by atoms with E-state index in [0.29, 0.717) is 35.2 Å². The maximum absolute atomic E-state index is 12.2. The van der Waals surface area contributed by atoms with Gasteiger partial charge >= 0.3 is 0 Å².